The van der Waals surface area contributed by atoms with Gasteiger partial charge in [0.15, 0.2) is 0 Å². The molecule has 2 rings (SSSR count). The quantitative estimate of drug-likeness (QED) is 0.541. The van der Waals surface area contributed by atoms with Gasteiger partial charge in [0.05, 0.1) is 17.7 Å². The van der Waals surface area contributed by atoms with Gasteiger partial charge in [0.1, 0.15) is 5.75 Å². The molecule has 118 valence electrons. The van der Waals surface area contributed by atoms with E-state index in [1.165, 1.54) is 12.8 Å². The van der Waals surface area contributed by atoms with Gasteiger partial charge in [0.25, 0.3) is 0 Å². The SMILES string of the molecule is CCOC(CC)(CC)C(NN)c1ccc(OC2CC2)cc1. The Hall–Kier alpha value is -1.10. The summed E-state index contributed by atoms with van der Waals surface area (Å²) in [5.41, 5.74) is 3.81. The monoisotopic (exact) mass is 292 g/mol. The second kappa shape index (κ2) is 7.25. The highest BCUT2D eigenvalue weighted by molar-refractivity contribution is 5.31. The molecule has 0 radical (unpaired) electrons. The third-order valence-electron chi connectivity index (χ3n) is 4.36. The Morgan fingerprint density at radius 3 is 2.24 bits per heavy atom. The number of benzene rings is 1. The van der Waals surface area contributed by atoms with E-state index in [1.54, 1.807) is 0 Å². The molecule has 0 saturated heterocycles. The van der Waals surface area contributed by atoms with Crippen LogP contribution >= 0.6 is 0 Å². The Morgan fingerprint density at radius 1 is 1.19 bits per heavy atom. The number of hydrazine groups is 1. The number of ether oxygens (including phenoxy) is 2. The van der Waals surface area contributed by atoms with Gasteiger partial charge >= 0.3 is 0 Å². The molecular weight excluding hydrogens is 264 g/mol. The van der Waals surface area contributed by atoms with Crippen LogP contribution in [-0.4, -0.2) is 18.3 Å². The van der Waals surface area contributed by atoms with Gasteiger partial charge in [-0.3, -0.25) is 11.3 Å². The Kier molecular flexibility index (Phi) is 5.62. The molecule has 1 saturated carbocycles. The normalized spacial score (nSPS) is 16.8. The molecule has 0 bridgehead atoms. The third-order valence-corrected chi connectivity index (χ3v) is 4.36. The lowest BCUT2D eigenvalue weighted by atomic mass is 9.84. The minimum atomic E-state index is -0.275. The molecule has 1 fully saturated rings. The van der Waals surface area contributed by atoms with Gasteiger partial charge < -0.3 is 9.47 Å². The second-order valence-electron chi connectivity index (χ2n) is 5.69. The zero-order chi connectivity index (χ0) is 15.3. The van der Waals surface area contributed by atoms with Crippen molar-refractivity contribution >= 4 is 0 Å². The van der Waals surface area contributed by atoms with Crippen LogP contribution in [0.3, 0.4) is 0 Å². The summed E-state index contributed by atoms with van der Waals surface area (Å²) in [6.07, 6.45) is 4.59. The molecule has 1 unspecified atom stereocenters. The summed E-state index contributed by atoms with van der Waals surface area (Å²) in [5, 5.41) is 0. The van der Waals surface area contributed by atoms with Gasteiger partial charge in [-0.15, -0.1) is 0 Å². The van der Waals surface area contributed by atoms with Gasteiger partial charge in [-0.1, -0.05) is 26.0 Å². The lowest BCUT2D eigenvalue weighted by Crippen LogP contribution is -2.48. The van der Waals surface area contributed by atoms with Crippen LogP contribution in [0.4, 0.5) is 0 Å². The smallest absolute Gasteiger partial charge is 0.119 e. The van der Waals surface area contributed by atoms with E-state index in [4.69, 9.17) is 15.3 Å². The van der Waals surface area contributed by atoms with Crippen molar-refractivity contribution in [3.63, 3.8) is 0 Å². The molecule has 0 spiro atoms. The fraction of sp³-hybridized carbons (Fsp3) is 0.647. The Labute approximate surface area is 128 Å². The average molecular weight is 292 g/mol. The highest BCUT2D eigenvalue weighted by Gasteiger charge is 2.37. The van der Waals surface area contributed by atoms with Crippen molar-refractivity contribution in [2.45, 2.75) is 64.2 Å². The minimum absolute atomic E-state index is 0.0255. The predicted molar refractivity (Wildman–Crippen MR) is 85.1 cm³/mol. The van der Waals surface area contributed by atoms with E-state index in [0.717, 1.165) is 24.2 Å². The summed E-state index contributed by atoms with van der Waals surface area (Å²) in [5.74, 6) is 6.78. The summed E-state index contributed by atoms with van der Waals surface area (Å²) in [7, 11) is 0. The Morgan fingerprint density at radius 2 is 1.81 bits per heavy atom. The molecule has 3 N–H and O–H groups in total. The van der Waals surface area contributed by atoms with E-state index >= 15 is 0 Å². The highest BCUT2D eigenvalue weighted by Crippen LogP contribution is 2.36. The van der Waals surface area contributed by atoms with Gasteiger partial charge in [0, 0.05) is 6.61 Å². The largest absolute Gasteiger partial charge is 0.490 e. The number of nitrogens with one attached hydrogen (secondary N) is 1. The zero-order valence-electron chi connectivity index (χ0n) is 13.4. The number of rotatable bonds is 9. The van der Waals surface area contributed by atoms with Crippen molar-refractivity contribution in [2.24, 2.45) is 5.84 Å². The van der Waals surface area contributed by atoms with Crippen molar-refractivity contribution in [3.8, 4) is 5.75 Å². The molecule has 1 aromatic rings. The summed E-state index contributed by atoms with van der Waals surface area (Å²) in [6, 6.07) is 8.20. The van der Waals surface area contributed by atoms with E-state index in [0.29, 0.717) is 12.7 Å². The zero-order valence-corrected chi connectivity index (χ0v) is 13.4. The number of hydrogen-bond donors (Lipinski definition) is 2. The summed E-state index contributed by atoms with van der Waals surface area (Å²) >= 11 is 0. The summed E-state index contributed by atoms with van der Waals surface area (Å²) in [4.78, 5) is 0. The van der Waals surface area contributed by atoms with Crippen molar-refractivity contribution in [2.75, 3.05) is 6.61 Å². The van der Waals surface area contributed by atoms with Crippen molar-refractivity contribution in [1.82, 2.24) is 5.43 Å². The summed E-state index contributed by atoms with van der Waals surface area (Å²) < 4.78 is 11.9. The van der Waals surface area contributed by atoms with E-state index in [9.17, 15) is 0 Å². The molecule has 0 aliphatic heterocycles. The van der Waals surface area contributed by atoms with E-state index in [1.807, 2.05) is 19.1 Å². The number of nitrogens with two attached hydrogens (primary N) is 1. The predicted octanol–water partition coefficient (Wildman–Crippen LogP) is 3.33. The standard InChI is InChI=1S/C17H28N2O2/c1-4-17(5-2,20-6-3)16(19-18)13-7-9-14(10-8-13)21-15-11-12-15/h7-10,15-16,19H,4-6,11-12,18H2,1-3H3. The molecule has 4 nitrogen and oxygen atoms in total. The molecule has 0 amide bonds. The van der Waals surface area contributed by atoms with Crippen LogP contribution in [-0.2, 0) is 4.74 Å². The molecular formula is C17H28N2O2. The van der Waals surface area contributed by atoms with Gasteiger partial charge in [0.2, 0.25) is 0 Å². The molecule has 1 aliphatic rings. The maximum absolute atomic E-state index is 6.07. The van der Waals surface area contributed by atoms with Crippen molar-refractivity contribution < 1.29 is 9.47 Å². The molecule has 0 heterocycles. The number of hydrogen-bond acceptors (Lipinski definition) is 4. The van der Waals surface area contributed by atoms with Crippen LogP contribution in [0.2, 0.25) is 0 Å². The Balaban J connectivity index is 2.17. The third kappa shape index (κ3) is 3.76. The van der Waals surface area contributed by atoms with E-state index in [-0.39, 0.29) is 11.6 Å². The lowest BCUT2D eigenvalue weighted by molar-refractivity contribution is -0.0734. The second-order valence-corrected chi connectivity index (χ2v) is 5.69. The maximum atomic E-state index is 6.07. The van der Waals surface area contributed by atoms with E-state index in [2.05, 4.69) is 31.4 Å². The molecule has 1 aliphatic carbocycles. The van der Waals surface area contributed by atoms with E-state index < -0.39 is 0 Å². The fourth-order valence-corrected chi connectivity index (χ4v) is 2.90. The Bertz CT molecular complexity index is 425. The van der Waals surface area contributed by atoms with Crippen LogP contribution in [0, 0.1) is 0 Å². The first-order chi connectivity index (χ1) is 10.2. The molecule has 0 aromatic heterocycles. The van der Waals surface area contributed by atoms with Crippen LogP contribution in [0.1, 0.15) is 58.1 Å². The first-order valence-electron chi connectivity index (χ1n) is 8.05. The minimum Gasteiger partial charge on any atom is -0.490 e. The average Bonchev–Trinajstić information content (AvgIpc) is 3.32. The van der Waals surface area contributed by atoms with Crippen LogP contribution in [0.15, 0.2) is 24.3 Å². The lowest BCUT2D eigenvalue weighted by Gasteiger charge is -2.39. The molecule has 1 atom stereocenters. The van der Waals surface area contributed by atoms with Crippen LogP contribution < -0.4 is 16.0 Å². The van der Waals surface area contributed by atoms with Crippen LogP contribution in [0.25, 0.3) is 0 Å². The molecule has 4 heteroatoms. The first kappa shape index (κ1) is 16.3. The molecule has 21 heavy (non-hydrogen) atoms. The van der Waals surface area contributed by atoms with Gasteiger partial charge in [-0.25, -0.2) is 0 Å². The van der Waals surface area contributed by atoms with Crippen molar-refractivity contribution in [1.29, 1.82) is 0 Å². The van der Waals surface area contributed by atoms with Gasteiger partial charge in [-0.05, 0) is 50.3 Å². The van der Waals surface area contributed by atoms with Crippen LogP contribution in [0.5, 0.6) is 5.75 Å². The highest BCUT2D eigenvalue weighted by atomic mass is 16.5. The van der Waals surface area contributed by atoms with Crippen molar-refractivity contribution in [3.05, 3.63) is 29.8 Å². The van der Waals surface area contributed by atoms with Gasteiger partial charge in [-0.2, -0.15) is 0 Å². The fourth-order valence-electron chi connectivity index (χ4n) is 2.90. The molecule has 1 aromatic carbocycles. The topological polar surface area (TPSA) is 56.5 Å². The first-order valence-corrected chi connectivity index (χ1v) is 8.05. The maximum Gasteiger partial charge on any atom is 0.119 e. The summed E-state index contributed by atoms with van der Waals surface area (Å²) in [6.45, 7) is 7.01.